The molecule has 21 heavy (non-hydrogen) atoms. The van der Waals surface area contributed by atoms with Gasteiger partial charge in [0.1, 0.15) is 12.4 Å². The van der Waals surface area contributed by atoms with Crippen LogP contribution < -0.4 is 10.1 Å². The van der Waals surface area contributed by atoms with Crippen LogP contribution in [-0.4, -0.2) is 43.2 Å². The third-order valence-corrected chi connectivity index (χ3v) is 4.86. The lowest BCUT2D eigenvalue weighted by atomic mass is 10.0. The van der Waals surface area contributed by atoms with Crippen molar-refractivity contribution in [3.05, 3.63) is 29.8 Å². The molecule has 3 heteroatoms. The fraction of sp³-hybridized carbons (Fsp3) is 0.667. The van der Waals surface area contributed by atoms with Gasteiger partial charge in [-0.25, -0.2) is 0 Å². The summed E-state index contributed by atoms with van der Waals surface area (Å²) in [6, 6.07) is 9.72. The molecule has 2 unspecified atom stereocenters. The topological polar surface area (TPSA) is 24.5 Å². The first-order chi connectivity index (χ1) is 10.3. The summed E-state index contributed by atoms with van der Waals surface area (Å²) >= 11 is 0. The highest BCUT2D eigenvalue weighted by atomic mass is 16.5. The van der Waals surface area contributed by atoms with Crippen molar-refractivity contribution < 1.29 is 4.74 Å². The van der Waals surface area contributed by atoms with Crippen LogP contribution in [0.25, 0.3) is 0 Å². The summed E-state index contributed by atoms with van der Waals surface area (Å²) in [6.45, 7) is 8.56. The molecule has 1 aliphatic heterocycles. The fourth-order valence-electron chi connectivity index (χ4n) is 3.36. The predicted molar refractivity (Wildman–Crippen MR) is 86.8 cm³/mol. The van der Waals surface area contributed by atoms with Gasteiger partial charge >= 0.3 is 0 Å². The Balaban J connectivity index is 1.49. The summed E-state index contributed by atoms with van der Waals surface area (Å²) in [5, 5.41) is 3.75. The number of nitrogens with zero attached hydrogens (tertiary/aromatic N) is 1. The fourth-order valence-corrected chi connectivity index (χ4v) is 3.36. The van der Waals surface area contributed by atoms with Crippen molar-refractivity contribution in [2.45, 2.75) is 45.2 Å². The number of ether oxygens (including phenoxy) is 1. The van der Waals surface area contributed by atoms with E-state index < -0.39 is 0 Å². The second-order valence-corrected chi connectivity index (χ2v) is 6.57. The molecular formula is C18H28N2O. The number of benzene rings is 1. The quantitative estimate of drug-likeness (QED) is 0.871. The molecule has 2 atom stereocenters. The number of hydrogen-bond acceptors (Lipinski definition) is 3. The van der Waals surface area contributed by atoms with Gasteiger partial charge in [-0.05, 0) is 49.8 Å². The van der Waals surface area contributed by atoms with Gasteiger partial charge in [0.05, 0.1) is 0 Å². The average molecular weight is 288 g/mol. The van der Waals surface area contributed by atoms with Crippen LogP contribution in [0.1, 0.15) is 31.7 Å². The van der Waals surface area contributed by atoms with E-state index in [0.717, 1.165) is 31.4 Å². The van der Waals surface area contributed by atoms with Crippen LogP contribution >= 0.6 is 0 Å². The van der Waals surface area contributed by atoms with E-state index in [9.17, 15) is 0 Å². The molecule has 1 N–H and O–H groups in total. The minimum Gasteiger partial charge on any atom is -0.492 e. The highest BCUT2D eigenvalue weighted by molar-refractivity contribution is 5.27. The van der Waals surface area contributed by atoms with Crippen molar-refractivity contribution in [2.75, 3.05) is 26.2 Å². The van der Waals surface area contributed by atoms with E-state index in [2.05, 4.69) is 48.3 Å². The molecule has 0 radical (unpaired) electrons. The summed E-state index contributed by atoms with van der Waals surface area (Å²) in [7, 11) is 0. The maximum absolute atomic E-state index is 5.93. The van der Waals surface area contributed by atoms with Crippen LogP contribution in [0, 0.1) is 12.8 Å². The van der Waals surface area contributed by atoms with Gasteiger partial charge in [-0.2, -0.15) is 0 Å². The Labute approximate surface area is 128 Å². The molecule has 1 heterocycles. The second kappa shape index (κ2) is 6.80. The number of aryl methyl sites for hydroxylation is 1. The zero-order valence-corrected chi connectivity index (χ0v) is 13.3. The molecule has 116 valence electrons. The molecule has 1 aromatic carbocycles. The molecule has 1 aromatic rings. The second-order valence-electron chi connectivity index (χ2n) is 6.57. The van der Waals surface area contributed by atoms with Gasteiger partial charge < -0.3 is 10.1 Å². The summed E-state index contributed by atoms with van der Waals surface area (Å²) < 4.78 is 5.93. The first kappa shape index (κ1) is 14.9. The molecule has 0 amide bonds. The van der Waals surface area contributed by atoms with Gasteiger partial charge in [-0.1, -0.05) is 19.1 Å². The van der Waals surface area contributed by atoms with Gasteiger partial charge in [0.15, 0.2) is 0 Å². The van der Waals surface area contributed by atoms with Gasteiger partial charge in [0, 0.05) is 31.7 Å². The molecule has 0 bridgehead atoms. The normalized spacial score (nSPS) is 26.8. The zero-order valence-electron chi connectivity index (χ0n) is 13.3. The van der Waals surface area contributed by atoms with E-state index in [-0.39, 0.29) is 0 Å². The van der Waals surface area contributed by atoms with Crippen LogP contribution in [0.2, 0.25) is 0 Å². The zero-order chi connectivity index (χ0) is 14.7. The average Bonchev–Trinajstić information content (AvgIpc) is 3.32. The molecule has 0 aromatic heterocycles. The van der Waals surface area contributed by atoms with Crippen molar-refractivity contribution >= 4 is 0 Å². The summed E-state index contributed by atoms with van der Waals surface area (Å²) in [5.41, 5.74) is 1.26. The van der Waals surface area contributed by atoms with E-state index in [1.165, 1.54) is 31.4 Å². The van der Waals surface area contributed by atoms with Gasteiger partial charge in [-0.3, -0.25) is 4.90 Å². The van der Waals surface area contributed by atoms with Crippen LogP contribution in [-0.2, 0) is 0 Å². The molecule has 1 aliphatic carbocycles. The van der Waals surface area contributed by atoms with E-state index in [1.54, 1.807) is 0 Å². The van der Waals surface area contributed by atoms with E-state index >= 15 is 0 Å². The van der Waals surface area contributed by atoms with Gasteiger partial charge in [-0.15, -0.1) is 0 Å². The smallest absolute Gasteiger partial charge is 0.119 e. The van der Waals surface area contributed by atoms with Crippen molar-refractivity contribution in [1.82, 2.24) is 10.2 Å². The lowest BCUT2D eigenvalue weighted by molar-refractivity contribution is 0.100. The van der Waals surface area contributed by atoms with Crippen LogP contribution in [0.3, 0.4) is 0 Å². The highest BCUT2D eigenvalue weighted by Gasteiger charge is 2.36. The summed E-state index contributed by atoms with van der Waals surface area (Å²) in [5.74, 6) is 1.93. The van der Waals surface area contributed by atoms with E-state index in [0.29, 0.717) is 12.1 Å². The standard InChI is InChI=1S/C18H28N2O/c1-3-16-12-19-18(15-7-8-15)13-20(16)9-10-21-17-6-4-5-14(2)11-17/h4-6,11,15-16,18-19H,3,7-10,12-13H2,1-2H3. The van der Waals surface area contributed by atoms with Crippen molar-refractivity contribution in [2.24, 2.45) is 5.92 Å². The van der Waals surface area contributed by atoms with Crippen molar-refractivity contribution in [1.29, 1.82) is 0 Å². The SMILES string of the molecule is CCC1CNC(C2CC2)CN1CCOc1cccc(C)c1. The summed E-state index contributed by atoms with van der Waals surface area (Å²) in [6.07, 6.45) is 4.05. The number of rotatable bonds is 6. The minimum atomic E-state index is 0.668. The first-order valence-electron chi connectivity index (χ1n) is 8.43. The van der Waals surface area contributed by atoms with E-state index in [1.807, 2.05) is 0 Å². The molecule has 3 nitrogen and oxygen atoms in total. The van der Waals surface area contributed by atoms with E-state index in [4.69, 9.17) is 4.74 Å². The lowest BCUT2D eigenvalue weighted by Gasteiger charge is -2.40. The van der Waals surface area contributed by atoms with Crippen LogP contribution in [0.4, 0.5) is 0 Å². The highest BCUT2D eigenvalue weighted by Crippen LogP contribution is 2.34. The summed E-state index contributed by atoms with van der Waals surface area (Å²) in [4.78, 5) is 2.63. The molecule has 2 aliphatic rings. The van der Waals surface area contributed by atoms with Crippen molar-refractivity contribution in [3.63, 3.8) is 0 Å². The number of hydrogen-bond donors (Lipinski definition) is 1. The molecule has 0 spiro atoms. The predicted octanol–water partition coefficient (Wildman–Crippen LogP) is 2.84. The number of nitrogens with one attached hydrogen (secondary N) is 1. The Bertz CT molecular complexity index is 458. The molecule has 3 rings (SSSR count). The molecule has 1 saturated carbocycles. The number of piperazine rings is 1. The van der Waals surface area contributed by atoms with Gasteiger partial charge in [0.25, 0.3) is 0 Å². The Morgan fingerprint density at radius 2 is 2.19 bits per heavy atom. The van der Waals surface area contributed by atoms with Crippen LogP contribution in [0.5, 0.6) is 5.75 Å². The first-order valence-corrected chi connectivity index (χ1v) is 8.43. The maximum Gasteiger partial charge on any atom is 0.119 e. The minimum absolute atomic E-state index is 0.668. The third-order valence-electron chi connectivity index (χ3n) is 4.86. The third kappa shape index (κ3) is 3.98. The maximum atomic E-state index is 5.93. The Kier molecular flexibility index (Phi) is 4.81. The Morgan fingerprint density at radius 1 is 1.33 bits per heavy atom. The molecule has 1 saturated heterocycles. The van der Waals surface area contributed by atoms with Crippen molar-refractivity contribution in [3.8, 4) is 5.75 Å². The molecule has 2 fully saturated rings. The Hall–Kier alpha value is -1.06. The molecular weight excluding hydrogens is 260 g/mol. The van der Waals surface area contributed by atoms with Gasteiger partial charge in [0.2, 0.25) is 0 Å². The Morgan fingerprint density at radius 3 is 2.90 bits per heavy atom. The van der Waals surface area contributed by atoms with Crippen LogP contribution in [0.15, 0.2) is 24.3 Å². The largest absolute Gasteiger partial charge is 0.492 e. The monoisotopic (exact) mass is 288 g/mol. The lowest BCUT2D eigenvalue weighted by Crippen LogP contribution is -2.57.